The number of benzene rings is 1. The number of hydrogen-bond donors (Lipinski definition) is 1. The summed E-state index contributed by atoms with van der Waals surface area (Å²) in [7, 11) is 1.61. The zero-order valence-electron chi connectivity index (χ0n) is 10.2. The normalized spacial score (nSPS) is 22.6. The smallest absolute Gasteiger partial charge is 0.289 e. The van der Waals surface area contributed by atoms with Crippen LogP contribution in [0.3, 0.4) is 0 Å². The van der Waals surface area contributed by atoms with Crippen LogP contribution in [0.25, 0.3) is 5.57 Å². The van der Waals surface area contributed by atoms with E-state index in [9.17, 15) is 9.90 Å². The van der Waals surface area contributed by atoms with Crippen LogP contribution in [0.15, 0.2) is 30.0 Å². The Labute approximate surface area is 105 Å². The first-order valence-electron chi connectivity index (χ1n) is 6.11. The van der Waals surface area contributed by atoms with Crippen molar-refractivity contribution in [1.82, 2.24) is 4.90 Å². The Morgan fingerprint density at radius 1 is 1.33 bits per heavy atom. The van der Waals surface area contributed by atoms with Crippen LogP contribution in [-0.4, -0.2) is 35.6 Å². The van der Waals surface area contributed by atoms with Gasteiger partial charge in [0.1, 0.15) is 5.75 Å². The first-order chi connectivity index (χ1) is 8.72. The lowest BCUT2D eigenvalue weighted by Gasteiger charge is -2.17. The molecule has 4 nitrogen and oxygen atoms in total. The molecule has 1 amide bonds. The number of nitrogens with zero attached hydrogens (tertiary/aromatic N) is 1. The van der Waals surface area contributed by atoms with Crippen LogP contribution in [0.2, 0.25) is 0 Å². The van der Waals surface area contributed by atoms with E-state index in [0.717, 1.165) is 36.3 Å². The van der Waals surface area contributed by atoms with E-state index in [1.165, 1.54) is 0 Å². The summed E-state index contributed by atoms with van der Waals surface area (Å²) in [6.07, 6.45) is 1.93. The molecule has 1 aromatic rings. The summed E-state index contributed by atoms with van der Waals surface area (Å²) in [5, 5.41) is 10.0. The summed E-state index contributed by atoms with van der Waals surface area (Å²) >= 11 is 0. The Morgan fingerprint density at radius 3 is 2.72 bits per heavy atom. The molecular formula is C14H15NO3. The van der Waals surface area contributed by atoms with Crippen molar-refractivity contribution in [2.75, 3.05) is 13.7 Å². The van der Waals surface area contributed by atoms with Gasteiger partial charge in [-0.3, -0.25) is 4.79 Å². The maximum absolute atomic E-state index is 11.9. The predicted octanol–water partition coefficient (Wildman–Crippen LogP) is 1.97. The van der Waals surface area contributed by atoms with Crippen molar-refractivity contribution in [3.63, 3.8) is 0 Å². The van der Waals surface area contributed by atoms with Gasteiger partial charge in [-0.25, -0.2) is 0 Å². The number of fused-ring (bicyclic) bond motifs is 1. The van der Waals surface area contributed by atoms with Gasteiger partial charge in [-0.15, -0.1) is 0 Å². The highest BCUT2D eigenvalue weighted by atomic mass is 16.5. The van der Waals surface area contributed by atoms with E-state index in [1.807, 2.05) is 24.3 Å². The average molecular weight is 245 g/mol. The summed E-state index contributed by atoms with van der Waals surface area (Å²) in [5.74, 6) is 0.444. The van der Waals surface area contributed by atoms with Crippen LogP contribution < -0.4 is 4.74 Å². The lowest BCUT2D eigenvalue weighted by Crippen LogP contribution is -2.29. The Hall–Kier alpha value is -1.97. The van der Waals surface area contributed by atoms with E-state index >= 15 is 0 Å². The first-order valence-corrected chi connectivity index (χ1v) is 6.11. The Kier molecular flexibility index (Phi) is 2.51. The third kappa shape index (κ3) is 1.49. The molecule has 0 spiro atoms. The zero-order chi connectivity index (χ0) is 12.7. The fourth-order valence-electron chi connectivity index (χ4n) is 2.82. The molecule has 0 aliphatic carbocycles. The molecule has 1 unspecified atom stereocenters. The van der Waals surface area contributed by atoms with Crippen LogP contribution in [-0.2, 0) is 4.79 Å². The maximum atomic E-state index is 11.9. The summed E-state index contributed by atoms with van der Waals surface area (Å²) < 4.78 is 5.11. The van der Waals surface area contributed by atoms with Crippen LogP contribution in [0.5, 0.6) is 5.75 Å². The second-order valence-electron chi connectivity index (χ2n) is 4.65. The summed E-state index contributed by atoms with van der Waals surface area (Å²) in [6.45, 7) is 0.743. The van der Waals surface area contributed by atoms with Gasteiger partial charge in [-0.1, -0.05) is 12.1 Å². The molecule has 3 rings (SSSR count). The number of carbonyl (C=O) groups is 1. The minimum absolute atomic E-state index is 0.0471. The zero-order valence-corrected chi connectivity index (χ0v) is 10.2. The van der Waals surface area contributed by atoms with Crippen molar-refractivity contribution >= 4 is 11.5 Å². The molecule has 0 saturated carbocycles. The lowest BCUT2D eigenvalue weighted by atomic mass is 9.98. The van der Waals surface area contributed by atoms with Gasteiger partial charge in [0.05, 0.1) is 13.2 Å². The molecule has 1 atom stereocenters. The number of hydrogen-bond acceptors (Lipinski definition) is 3. The minimum Gasteiger partial charge on any atom is -0.503 e. The SMILES string of the molecule is COc1ccc(C2=C(O)C(=O)N3CCCC23)cc1. The van der Waals surface area contributed by atoms with Gasteiger partial charge in [0, 0.05) is 12.1 Å². The second-order valence-corrected chi connectivity index (χ2v) is 4.65. The van der Waals surface area contributed by atoms with E-state index in [-0.39, 0.29) is 17.7 Å². The number of amides is 1. The van der Waals surface area contributed by atoms with Gasteiger partial charge in [-0.05, 0) is 30.5 Å². The summed E-state index contributed by atoms with van der Waals surface area (Å²) in [6, 6.07) is 7.51. The molecule has 1 aromatic carbocycles. The summed E-state index contributed by atoms with van der Waals surface area (Å²) in [5.41, 5.74) is 1.66. The Bertz CT molecular complexity index is 518. The van der Waals surface area contributed by atoms with Gasteiger partial charge < -0.3 is 14.7 Å². The highest BCUT2D eigenvalue weighted by molar-refractivity contribution is 6.05. The minimum atomic E-state index is -0.233. The topological polar surface area (TPSA) is 49.8 Å². The third-order valence-electron chi connectivity index (χ3n) is 3.71. The number of aliphatic hydroxyl groups is 1. The van der Waals surface area contributed by atoms with Crippen molar-refractivity contribution in [3.05, 3.63) is 35.6 Å². The van der Waals surface area contributed by atoms with Crippen LogP contribution >= 0.6 is 0 Å². The molecule has 1 fully saturated rings. The van der Waals surface area contributed by atoms with Gasteiger partial charge in [-0.2, -0.15) is 0 Å². The fraction of sp³-hybridized carbons (Fsp3) is 0.357. The first kappa shape index (κ1) is 11.1. The highest BCUT2D eigenvalue weighted by Gasteiger charge is 2.42. The van der Waals surface area contributed by atoms with E-state index < -0.39 is 0 Å². The largest absolute Gasteiger partial charge is 0.503 e. The molecule has 18 heavy (non-hydrogen) atoms. The van der Waals surface area contributed by atoms with Gasteiger partial charge in [0.25, 0.3) is 5.91 Å². The van der Waals surface area contributed by atoms with Crippen LogP contribution in [0.1, 0.15) is 18.4 Å². The van der Waals surface area contributed by atoms with Crippen molar-refractivity contribution in [2.45, 2.75) is 18.9 Å². The number of ether oxygens (including phenoxy) is 1. The molecular weight excluding hydrogens is 230 g/mol. The number of carbonyl (C=O) groups excluding carboxylic acids is 1. The molecule has 0 aromatic heterocycles. The predicted molar refractivity (Wildman–Crippen MR) is 67.3 cm³/mol. The molecule has 4 heteroatoms. The molecule has 0 bridgehead atoms. The summed E-state index contributed by atoms with van der Waals surface area (Å²) in [4.78, 5) is 13.6. The molecule has 2 aliphatic rings. The molecule has 2 aliphatic heterocycles. The van der Waals surface area contributed by atoms with Gasteiger partial charge >= 0.3 is 0 Å². The fourth-order valence-corrected chi connectivity index (χ4v) is 2.82. The maximum Gasteiger partial charge on any atom is 0.289 e. The Morgan fingerprint density at radius 2 is 2.06 bits per heavy atom. The van der Waals surface area contributed by atoms with Gasteiger partial charge in [0.15, 0.2) is 5.76 Å². The molecule has 2 heterocycles. The van der Waals surface area contributed by atoms with Crippen LogP contribution in [0.4, 0.5) is 0 Å². The average Bonchev–Trinajstić information content (AvgIpc) is 2.95. The van der Waals surface area contributed by atoms with E-state index in [1.54, 1.807) is 12.0 Å². The molecule has 1 N–H and O–H groups in total. The van der Waals surface area contributed by atoms with Crippen molar-refractivity contribution in [2.24, 2.45) is 0 Å². The van der Waals surface area contributed by atoms with E-state index in [4.69, 9.17) is 4.74 Å². The monoisotopic (exact) mass is 245 g/mol. The number of methoxy groups -OCH3 is 1. The van der Waals surface area contributed by atoms with E-state index in [2.05, 4.69) is 0 Å². The van der Waals surface area contributed by atoms with Crippen molar-refractivity contribution in [1.29, 1.82) is 0 Å². The molecule has 1 saturated heterocycles. The third-order valence-corrected chi connectivity index (χ3v) is 3.71. The Balaban J connectivity index is 2.01. The lowest BCUT2D eigenvalue weighted by molar-refractivity contribution is -0.128. The van der Waals surface area contributed by atoms with Crippen LogP contribution in [0, 0.1) is 0 Å². The standard InChI is InChI=1S/C14H15NO3/c1-18-10-6-4-9(5-7-10)12-11-3-2-8-15(11)14(17)13(12)16/h4-7,11,16H,2-3,8H2,1H3. The number of rotatable bonds is 2. The van der Waals surface area contributed by atoms with Crippen molar-refractivity contribution < 1.29 is 14.6 Å². The van der Waals surface area contributed by atoms with Crippen molar-refractivity contribution in [3.8, 4) is 5.75 Å². The van der Waals surface area contributed by atoms with Gasteiger partial charge in [0.2, 0.25) is 0 Å². The second kappa shape index (κ2) is 4.05. The molecule has 0 radical (unpaired) electrons. The molecule has 94 valence electrons. The number of aliphatic hydroxyl groups excluding tert-OH is 1. The van der Waals surface area contributed by atoms with E-state index in [0.29, 0.717) is 0 Å². The quantitative estimate of drug-likeness (QED) is 0.866. The highest BCUT2D eigenvalue weighted by Crippen LogP contribution is 2.38.